The lowest BCUT2D eigenvalue weighted by atomic mass is 10.2. The van der Waals surface area contributed by atoms with Crippen molar-refractivity contribution in [3.63, 3.8) is 0 Å². The lowest BCUT2D eigenvalue weighted by Gasteiger charge is -1.89. The maximum atomic E-state index is 9.68. The van der Waals surface area contributed by atoms with Gasteiger partial charge in [0.25, 0.3) is 0 Å². The molecule has 0 aromatic heterocycles. The Kier molecular flexibility index (Phi) is 6.04. The van der Waals surface area contributed by atoms with Gasteiger partial charge in [0.15, 0.2) is 0 Å². The number of hydrogen-bond acceptors (Lipinski definition) is 3. The zero-order valence-corrected chi connectivity index (χ0v) is 9.28. The summed E-state index contributed by atoms with van der Waals surface area (Å²) in [7, 11) is 0. The molecule has 0 aliphatic rings. The molecule has 2 aromatic rings. The molecule has 0 fully saturated rings. The zero-order chi connectivity index (χ0) is 12.3. The first-order valence-electron chi connectivity index (χ1n) is 5.14. The molecular formula is C14H13NO2. The highest BCUT2D eigenvalue weighted by molar-refractivity contribution is 5.47. The van der Waals surface area contributed by atoms with Gasteiger partial charge in [0, 0.05) is 0 Å². The molecule has 2 rings (SSSR count). The summed E-state index contributed by atoms with van der Waals surface area (Å²) in [5.74, 6) is 0. The van der Waals surface area contributed by atoms with Gasteiger partial charge < -0.3 is 5.11 Å². The first-order valence-corrected chi connectivity index (χ1v) is 5.14. The van der Waals surface area contributed by atoms with Gasteiger partial charge in [-0.25, -0.2) is 4.79 Å². The van der Waals surface area contributed by atoms with E-state index in [9.17, 15) is 4.79 Å². The van der Waals surface area contributed by atoms with E-state index in [1.165, 1.54) is 6.08 Å². The van der Waals surface area contributed by atoms with E-state index in [1.807, 2.05) is 48.5 Å². The van der Waals surface area contributed by atoms with Crippen molar-refractivity contribution in [3.05, 3.63) is 66.2 Å². The van der Waals surface area contributed by atoms with Crippen LogP contribution in [0.2, 0.25) is 0 Å². The Balaban J connectivity index is 0.000000171. The Bertz CT molecular complexity index is 462. The fourth-order valence-electron chi connectivity index (χ4n) is 1.14. The van der Waals surface area contributed by atoms with Crippen molar-refractivity contribution in [1.29, 1.82) is 0 Å². The Morgan fingerprint density at radius 1 is 0.941 bits per heavy atom. The fourth-order valence-corrected chi connectivity index (χ4v) is 1.14. The zero-order valence-electron chi connectivity index (χ0n) is 9.28. The number of carbonyl (C=O) groups excluding carboxylic acids is 1. The Labute approximate surface area is 100 Å². The lowest BCUT2D eigenvalue weighted by Crippen LogP contribution is -1.77. The van der Waals surface area contributed by atoms with Crippen LogP contribution in [0, 0.1) is 0 Å². The minimum absolute atomic E-state index is 0.140. The van der Waals surface area contributed by atoms with Crippen LogP contribution in [0.3, 0.4) is 0 Å². The average Bonchev–Trinajstić information content (AvgIpc) is 2.42. The van der Waals surface area contributed by atoms with Gasteiger partial charge in [-0.2, -0.15) is 4.99 Å². The van der Waals surface area contributed by atoms with Gasteiger partial charge in [-0.3, -0.25) is 0 Å². The first kappa shape index (κ1) is 12.8. The molecule has 3 nitrogen and oxygen atoms in total. The topological polar surface area (TPSA) is 49.7 Å². The molecule has 0 saturated carbocycles. The molecule has 0 heterocycles. The van der Waals surface area contributed by atoms with Crippen LogP contribution < -0.4 is 0 Å². The molecule has 0 saturated heterocycles. The maximum absolute atomic E-state index is 9.68. The minimum atomic E-state index is 0.140. The molecule has 0 aliphatic heterocycles. The van der Waals surface area contributed by atoms with Crippen molar-refractivity contribution >= 4 is 11.8 Å². The number of hydrogen-bond donors (Lipinski definition) is 1. The van der Waals surface area contributed by atoms with E-state index < -0.39 is 0 Å². The number of aliphatic hydroxyl groups is 1. The summed E-state index contributed by atoms with van der Waals surface area (Å²) in [5, 5.41) is 8.54. The first-order chi connectivity index (χ1) is 8.36. The molecule has 86 valence electrons. The second-order valence-electron chi connectivity index (χ2n) is 3.18. The Hall–Kier alpha value is -2.22. The van der Waals surface area contributed by atoms with E-state index in [1.54, 1.807) is 12.1 Å². The van der Waals surface area contributed by atoms with Crippen molar-refractivity contribution in [2.45, 2.75) is 6.61 Å². The highest BCUT2D eigenvalue weighted by Gasteiger charge is 1.81. The Morgan fingerprint density at radius 2 is 1.47 bits per heavy atom. The van der Waals surface area contributed by atoms with E-state index in [-0.39, 0.29) is 6.61 Å². The van der Waals surface area contributed by atoms with Crippen molar-refractivity contribution in [2.24, 2.45) is 4.99 Å². The molecule has 2 aromatic carbocycles. The highest BCUT2D eigenvalue weighted by atomic mass is 16.3. The third-order valence-electron chi connectivity index (χ3n) is 1.96. The smallest absolute Gasteiger partial charge is 0.240 e. The predicted octanol–water partition coefficient (Wildman–Crippen LogP) is 2.83. The second-order valence-corrected chi connectivity index (χ2v) is 3.18. The van der Waals surface area contributed by atoms with E-state index in [4.69, 9.17) is 5.11 Å². The summed E-state index contributed by atoms with van der Waals surface area (Å²) in [6, 6.07) is 18.5. The molecule has 1 N–H and O–H groups in total. The third kappa shape index (κ3) is 5.42. The van der Waals surface area contributed by atoms with Crippen molar-refractivity contribution in [1.82, 2.24) is 0 Å². The van der Waals surface area contributed by atoms with Gasteiger partial charge in [-0.05, 0) is 17.7 Å². The highest BCUT2D eigenvalue weighted by Crippen LogP contribution is 2.07. The molecule has 0 aliphatic carbocycles. The Morgan fingerprint density at radius 3 is 1.88 bits per heavy atom. The van der Waals surface area contributed by atoms with E-state index in [0.717, 1.165) is 5.56 Å². The molecular weight excluding hydrogens is 214 g/mol. The van der Waals surface area contributed by atoms with Crippen LogP contribution >= 0.6 is 0 Å². The molecule has 17 heavy (non-hydrogen) atoms. The van der Waals surface area contributed by atoms with Crippen LogP contribution in [0.15, 0.2) is 65.7 Å². The van der Waals surface area contributed by atoms with Gasteiger partial charge in [0.2, 0.25) is 6.08 Å². The summed E-state index contributed by atoms with van der Waals surface area (Å²) in [6.45, 7) is 0.140. The normalized spacial score (nSPS) is 8.53. The van der Waals surface area contributed by atoms with Gasteiger partial charge in [0.1, 0.15) is 0 Å². The maximum Gasteiger partial charge on any atom is 0.240 e. The van der Waals surface area contributed by atoms with Crippen LogP contribution in [0.4, 0.5) is 5.69 Å². The summed E-state index contributed by atoms with van der Waals surface area (Å²) >= 11 is 0. The van der Waals surface area contributed by atoms with E-state index in [0.29, 0.717) is 5.69 Å². The standard InChI is InChI=1S/C7H5NO.C7H8O/c9-6-8-7-4-2-1-3-5-7;8-6-7-4-2-1-3-5-7/h1-5H;1-5,8H,6H2. The summed E-state index contributed by atoms with van der Waals surface area (Å²) in [5.41, 5.74) is 1.61. The molecule has 0 atom stereocenters. The number of aliphatic hydroxyl groups excluding tert-OH is 1. The average molecular weight is 227 g/mol. The largest absolute Gasteiger partial charge is 0.392 e. The van der Waals surface area contributed by atoms with Crippen molar-refractivity contribution in [3.8, 4) is 0 Å². The van der Waals surface area contributed by atoms with Gasteiger partial charge in [0.05, 0.1) is 12.3 Å². The fraction of sp³-hybridized carbons (Fsp3) is 0.0714. The van der Waals surface area contributed by atoms with E-state index in [2.05, 4.69) is 4.99 Å². The van der Waals surface area contributed by atoms with Crippen LogP contribution in [-0.4, -0.2) is 11.2 Å². The molecule has 0 spiro atoms. The predicted molar refractivity (Wildman–Crippen MR) is 66.6 cm³/mol. The quantitative estimate of drug-likeness (QED) is 0.633. The molecule has 3 heteroatoms. The monoisotopic (exact) mass is 227 g/mol. The van der Waals surface area contributed by atoms with Crippen molar-refractivity contribution in [2.75, 3.05) is 0 Å². The molecule has 0 radical (unpaired) electrons. The number of benzene rings is 2. The number of rotatable bonds is 2. The van der Waals surface area contributed by atoms with Crippen LogP contribution in [-0.2, 0) is 11.4 Å². The van der Waals surface area contributed by atoms with Crippen LogP contribution in [0.25, 0.3) is 0 Å². The molecule has 0 unspecified atom stereocenters. The summed E-state index contributed by atoms with van der Waals surface area (Å²) in [6.07, 6.45) is 1.46. The number of aliphatic imine (C=N–C) groups is 1. The van der Waals surface area contributed by atoms with Gasteiger partial charge in [-0.15, -0.1) is 0 Å². The van der Waals surface area contributed by atoms with Crippen LogP contribution in [0.5, 0.6) is 0 Å². The SMILES string of the molecule is O=C=Nc1ccccc1.OCc1ccccc1. The van der Waals surface area contributed by atoms with Gasteiger partial charge in [-0.1, -0.05) is 48.5 Å². The van der Waals surface area contributed by atoms with E-state index >= 15 is 0 Å². The number of para-hydroxylation sites is 1. The number of isocyanates is 1. The lowest BCUT2D eigenvalue weighted by molar-refractivity contribution is 0.282. The van der Waals surface area contributed by atoms with Gasteiger partial charge >= 0.3 is 0 Å². The van der Waals surface area contributed by atoms with Crippen molar-refractivity contribution < 1.29 is 9.90 Å². The number of nitrogens with zero attached hydrogens (tertiary/aromatic N) is 1. The second kappa shape index (κ2) is 7.99. The summed E-state index contributed by atoms with van der Waals surface area (Å²) in [4.78, 5) is 13.1. The summed E-state index contributed by atoms with van der Waals surface area (Å²) < 4.78 is 0. The molecule has 0 bridgehead atoms. The third-order valence-corrected chi connectivity index (χ3v) is 1.96. The molecule has 0 amide bonds. The minimum Gasteiger partial charge on any atom is -0.392 e. The van der Waals surface area contributed by atoms with Crippen LogP contribution in [0.1, 0.15) is 5.56 Å².